The minimum Gasteiger partial charge on any atom is -0.390 e. The molecule has 3 aromatic rings. The topological polar surface area (TPSA) is 107 Å². The Bertz CT molecular complexity index is 1160. The highest BCUT2D eigenvalue weighted by Crippen LogP contribution is 2.21. The molecule has 1 aliphatic rings. The van der Waals surface area contributed by atoms with Gasteiger partial charge in [0.15, 0.2) is 11.2 Å². The molecular formula is C21H28N6O4. The molecule has 3 heterocycles. The minimum atomic E-state index is -0.747. The first-order valence-corrected chi connectivity index (χ1v) is 10.4. The molecule has 1 atom stereocenters. The third-order valence-corrected chi connectivity index (χ3v) is 5.57. The second-order valence-electron chi connectivity index (χ2n) is 7.77. The molecule has 0 bridgehead atoms. The Kier molecular flexibility index (Phi) is 6.21. The molecule has 10 nitrogen and oxygen atoms in total. The van der Waals surface area contributed by atoms with Gasteiger partial charge in [-0.15, -0.1) is 0 Å². The zero-order valence-electron chi connectivity index (χ0n) is 17.8. The van der Waals surface area contributed by atoms with E-state index in [1.54, 1.807) is 11.6 Å². The summed E-state index contributed by atoms with van der Waals surface area (Å²) in [5, 5.41) is 14.0. The van der Waals surface area contributed by atoms with Crippen LogP contribution < -0.4 is 21.5 Å². The van der Waals surface area contributed by atoms with Gasteiger partial charge in [0, 0.05) is 40.3 Å². The van der Waals surface area contributed by atoms with Gasteiger partial charge in [-0.1, -0.05) is 30.3 Å². The van der Waals surface area contributed by atoms with Crippen molar-refractivity contribution in [2.75, 3.05) is 37.7 Å². The summed E-state index contributed by atoms with van der Waals surface area (Å²) in [4.78, 5) is 32.0. The lowest BCUT2D eigenvalue weighted by molar-refractivity contribution is 0.120. The van der Waals surface area contributed by atoms with Crippen molar-refractivity contribution in [2.45, 2.75) is 19.2 Å². The summed E-state index contributed by atoms with van der Waals surface area (Å²) in [6.45, 7) is 3.53. The lowest BCUT2D eigenvalue weighted by atomic mass is 10.2. The van der Waals surface area contributed by atoms with Crippen molar-refractivity contribution in [3.63, 3.8) is 0 Å². The van der Waals surface area contributed by atoms with Crippen LogP contribution in [0.1, 0.15) is 5.56 Å². The van der Waals surface area contributed by atoms with Crippen LogP contribution in [0.5, 0.6) is 0 Å². The van der Waals surface area contributed by atoms with Crippen LogP contribution in [-0.4, -0.2) is 62.7 Å². The molecule has 1 aromatic carbocycles. The molecule has 2 aromatic heterocycles. The molecule has 0 aliphatic carbocycles. The van der Waals surface area contributed by atoms with Crippen LogP contribution in [0.4, 0.5) is 5.95 Å². The molecule has 166 valence electrons. The molecule has 1 saturated heterocycles. The highest BCUT2D eigenvalue weighted by molar-refractivity contribution is 5.74. The number of anilines is 1. The normalized spacial score (nSPS) is 15.5. The smallest absolute Gasteiger partial charge is 0.332 e. The minimum absolute atomic E-state index is 0.179. The summed E-state index contributed by atoms with van der Waals surface area (Å²) in [6, 6.07) is 9.94. The predicted octanol–water partition coefficient (Wildman–Crippen LogP) is -0.579. The number of rotatable bonds is 7. The van der Waals surface area contributed by atoms with Crippen molar-refractivity contribution in [3.05, 3.63) is 56.7 Å². The van der Waals surface area contributed by atoms with E-state index in [0.29, 0.717) is 56.5 Å². The van der Waals surface area contributed by atoms with Crippen molar-refractivity contribution in [2.24, 2.45) is 14.1 Å². The third-order valence-electron chi connectivity index (χ3n) is 5.57. The first-order valence-electron chi connectivity index (χ1n) is 10.4. The quantitative estimate of drug-likeness (QED) is 0.519. The fourth-order valence-corrected chi connectivity index (χ4v) is 3.87. The maximum absolute atomic E-state index is 12.9. The van der Waals surface area contributed by atoms with E-state index in [1.165, 1.54) is 11.6 Å². The Labute approximate surface area is 179 Å². The Morgan fingerprint density at radius 1 is 1.13 bits per heavy atom. The number of fused-ring (bicyclic) bond motifs is 1. The molecular weight excluding hydrogens is 400 g/mol. The monoisotopic (exact) mass is 428 g/mol. The summed E-state index contributed by atoms with van der Waals surface area (Å²) < 4.78 is 9.62. The number of aryl methyl sites for hydroxylation is 1. The maximum atomic E-state index is 12.9. The Hall–Kier alpha value is -2.95. The lowest BCUT2D eigenvalue weighted by Crippen LogP contribution is -2.40. The number of hydrogen-bond donors (Lipinski definition) is 2. The van der Waals surface area contributed by atoms with Crippen LogP contribution in [0, 0.1) is 0 Å². The fraction of sp³-hybridized carbons (Fsp3) is 0.476. The van der Waals surface area contributed by atoms with Crippen molar-refractivity contribution in [1.82, 2.24) is 24.0 Å². The van der Waals surface area contributed by atoms with E-state index in [9.17, 15) is 14.7 Å². The molecule has 10 heteroatoms. The van der Waals surface area contributed by atoms with E-state index in [1.807, 2.05) is 35.2 Å². The highest BCUT2D eigenvalue weighted by atomic mass is 16.5. The van der Waals surface area contributed by atoms with Crippen LogP contribution >= 0.6 is 0 Å². The first-order chi connectivity index (χ1) is 15.0. The van der Waals surface area contributed by atoms with Gasteiger partial charge in [0.05, 0.1) is 25.9 Å². The molecule has 1 fully saturated rings. The second-order valence-corrected chi connectivity index (χ2v) is 7.77. The summed E-state index contributed by atoms with van der Waals surface area (Å²) in [5.41, 5.74) is 0.906. The van der Waals surface area contributed by atoms with Crippen LogP contribution in [0.15, 0.2) is 39.9 Å². The number of aliphatic hydroxyl groups is 1. The number of aromatic nitrogens is 4. The van der Waals surface area contributed by atoms with Gasteiger partial charge in [-0.3, -0.25) is 13.9 Å². The summed E-state index contributed by atoms with van der Waals surface area (Å²) in [5.74, 6) is 0.568. The fourth-order valence-electron chi connectivity index (χ4n) is 3.87. The average molecular weight is 428 g/mol. The van der Waals surface area contributed by atoms with Gasteiger partial charge in [0.2, 0.25) is 5.95 Å². The molecule has 4 rings (SSSR count). The SMILES string of the molecule is Cn1c(=O)c2c(nc(N3CCOCC3)n2CC(O)CNCc2ccccc2)n(C)c1=O. The summed E-state index contributed by atoms with van der Waals surface area (Å²) in [6.07, 6.45) is -0.747. The molecule has 1 unspecified atom stereocenters. The van der Waals surface area contributed by atoms with Crippen LogP contribution in [-0.2, 0) is 31.9 Å². The van der Waals surface area contributed by atoms with Gasteiger partial charge < -0.3 is 24.6 Å². The number of morpholine rings is 1. The number of nitrogens with one attached hydrogen (secondary N) is 1. The molecule has 2 N–H and O–H groups in total. The first kappa shape index (κ1) is 21.3. The van der Waals surface area contributed by atoms with Gasteiger partial charge in [-0.05, 0) is 5.56 Å². The third kappa shape index (κ3) is 4.27. The van der Waals surface area contributed by atoms with Gasteiger partial charge in [-0.2, -0.15) is 4.98 Å². The van der Waals surface area contributed by atoms with E-state index in [-0.39, 0.29) is 6.54 Å². The largest absolute Gasteiger partial charge is 0.390 e. The lowest BCUT2D eigenvalue weighted by Gasteiger charge is -2.28. The Balaban J connectivity index is 1.64. The van der Waals surface area contributed by atoms with Crippen LogP contribution in [0.3, 0.4) is 0 Å². The van der Waals surface area contributed by atoms with Gasteiger partial charge in [-0.25, -0.2) is 4.79 Å². The van der Waals surface area contributed by atoms with Crippen molar-refractivity contribution in [3.8, 4) is 0 Å². The number of ether oxygens (including phenoxy) is 1. The van der Waals surface area contributed by atoms with Gasteiger partial charge in [0.1, 0.15) is 0 Å². The maximum Gasteiger partial charge on any atom is 0.332 e. The molecule has 0 radical (unpaired) electrons. The standard InChI is InChI=1S/C21H28N6O4/c1-24-18-17(19(29)25(2)21(24)30)27(20(23-18)26-8-10-31-11-9-26)14-16(28)13-22-12-15-6-4-3-5-7-15/h3-7,16,22,28H,8-14H2,1-2H3. The van der Waals surface area contributed by atoms with Crippen LogP contribution in [0.25, 0.3) is 11.2 Å². The predicted molar refractivity (Wildman–Crippen MR) is 117 cm³/mol. The molecule has 0 amide bonds. The van der Waals surface area contributed by atoms with Gasteiger partial charge >= 0.3 is 5.69 Å². The van der Waals surface area contributed by atoms with Crippen molar-refractivity contribution < 1.29 is 9.84 Å². The van der Waals surface area contributed by atoms with E-state index in [2.05, 4.69) is 10.3 Å². The van der Waals surface area contributed by atoms with Crippen LogP contribution in [0.2, 0.25) is 0 Å². The Morgan fingerprint density at radius 3 is 2.55 bits per heavy atom. The number of benzene rings is 1. The molecule has 0 spiro atoms. The average Bonchev–Trinajstić information content (AvgIpc) is 3.16. The van der Waals surface area contributed by atoms with Crippen molar-refractivity contribution >= 4 is 17.1 Å². The van der Waals surface area contributed by atoms with Gasteiger partial charge in [0.25, 0.3) is 5.56 Å². The zero-order chi connectivity index (χ0) is 22.0. The molecule has 0 saturated carbocycles. The molecule has 31 heavy (non-hydrogen) atoms. The summed E-state index contributed by atoms with van der Waals surface area (Å²) in [7, 11) is 3.05. The zero-order valence-corrected chi connectivity index (χ0v) is 17.8. The number of imidazole rings is 1. The van der Waals surface area contributed by atoms with E-state index >= 15 is 0 Å². The van der Waals surface area contributed by atoms with Crippen molar-refractivity contribution in [1.29, 1.82) is 0 Å². The summed E-state index contributed by atoms with van der Waals surface area (Å²) >= 11 is 0. The van der Waals surface area contributed by atoms with E-state index < -0.39 is 17.4 Å². The van der Waals surface area contributed by atoms with E-state index in [0.717, 1.165) is 10.1 Å². The molecule has 1 aliphatic heterocycles. The van der Waals surface area contributed by atoms with E-state index in [4.69, 9.17) is 4.74 Å². The number of nitrogens with zero attached hydrogens (tertiary/aromatic N) is 5. The number of hydrogen-bond acceptors (Lipinski definition) is 7. The second kappa shape index (κ2) is 9.04. The highest BCUT2D eigenvalue weighted by Gasteiger charge is 2.25. The Morgan fingerprint density at radius 2 is 1.84 bits per heavy atom. The number of aliphatic hydroxyl groups excluding tert-OH is 1.